The summed E-state index contributed by atoms with van der Waals surface area (Å²) in [5.41, 5.74) is -0.811. The maximum atomic E-state index is 11.3. The number of thioether (sulfide) groups is 1. The van der Waals surface area contributed by atoms with Gasteiger partial charge in [-0.2, -0.15) is 11.8 Å². The first kappa shape index (κ1) is 12.8. The van der Waals surface area contributed by atoms with Crippen LogP contribution in [-0.2, 0) is 4.79 Å². The molecule has 1 rings (SSSR count). The van der Waals surface area contributed by atoms with Gasteiger partial charge in [0.2, 0.25) is 0 Å². The molecule has 1 atom stereocenters. The molecule has 0 aliphatic carbocycles. The molecule has 0 bridgehead atoms. The molecular weight excluding hydrogens is 214 g/mol. The Labute approximate surface area is 94.4 Å². The Bertz CT molecular complexity index is 213. The molecule has 1 unspecified atom stereocenters. The predicted octanol–water partition coefficient (Wildman–Crippen LogP) is 0.697. The standard InChI is InChI=1S/C10H19NO3S/c1-2-8(7-12)11-10(9(13)14)3-5-15-6-4-10/h8,11-12H,2-7H2,1H3,(H,13,14). The van der Waals surface area contributed by atoms with Gasteiger partial charge in [-0.1, -0.05) is 6.92 Å². The van der Waals surface area contributed by atoms with Crippen LogP contribution in [0.5, 0.6) is 0 Å². The van der Waals surface area contributed by atoms with Crippen molar-refractivity contribution < 1.29 is 15.0 Å². The molecule has 5 heteroatoms. The highest BCUT2D eigenvalue weighted by Gasteiger charge is 2.40. The van der Waals surface area contributed by atoms with Gasteiger partial charge in [-0.25, -0.2) is 0 Å². The second-order valence-electron chi connectivity index (χ2n) is 3.93. The quantitative estimate of drug-likeness (QED) is 0.652. The number of carboxylic acid groups (broad SMARTS) is 1. The van der Waals surface area contributed by atoms with Crippen LogP contribution in [0.2, 0.25) is 0 Å². The first-order valence-electron chi connectivity index (χ1n) is 5.34. The number of nitrogens with one attached hydrogen (secondary N) is 1. The van der Waals surface area contributed by atoms with Gasteiger partial charge < -0.3 is 10.2 Å². The summed E-state index contributed by atoms with van der Waals surface area (Å²) in [7, 11) is 0. The Morgan fingerprint density at radius 3 is 2.53 bits per heavy atom. The van der Waals surface area contributed by atoms with E-state index in [0.29, 0.717) is 12.8 Å². The Hall–Kier alpha value is -0.260. The van der Waals surface area contributed by atoms with Crippen LogP contribution in [0.3, 0.4) is 0 Å². The van der Waals surface area contributed by atoms with Gasteiger partial charge in [0.25, 0.3) is 0 Å². The normalized spacial score (nSPS) is 22.3. The minimum atomic E-state index is -0.811. The molecule has 1 aliphatic rings. The third-order valence-corrected chi connectivity index (χ3v) is 3.93. The second-order valence-corrected chi connectivity index (χ2v) is 5.16. The number of aliphatic carboxylic acids is 1. The molecule has 0 radical (unpaired) electrons. The fraction of sp³-hybridized carbons (Fsp3) is 0.900. The van der Waals surface area contributed by atoms with Crippen molar-refractivity contribution in [2.45, 2.75) is 37.8 Å². The molecule has 0 spiro atoms. The summed E-state index contributed by atoms with van der Waals surface area (Å²) in [5, 5.41) is 21.5. The van der Waals surface area contributed by atoms with Crippen LogP contribution >= 0.6 is 11.8 Å². The molecule has 1 saturated heterocycles. The lowest BCUT2D eigenvalue weighted by atomic mass is 9.91. The minimum absolute atomic E-state index is 0.00132. The van der Waals surface area contributed by atoms with Crippen molar-refractivity contribution in [1.29, 1.82) is 0 Å². The fourth-order valence-electron chi connectivity index (χ4n) is 1.81. The molecule has 3 N–H and O–H groups in total. The molecule has 0 saturated carbocycles. The third-order valence-electron chi connectivity index (χ3n) is 2.95. The topological polar surface area (TPSA) is 69.6 Å². The lowest BCUT2D eigenvalue weighted by Crippen LogP contribution is -2.58. The molecule has 0 aromatic carbocycles. The first-order valence-corrected chi connectivity index (χ1v) is 6.50. The number of hydrogen-bond donors (Lipinski definition) is 3. The summed E-state index contributed by atoms with van der Waals surface area (Å²) in [6, 6.07) is -0.107. The number of aliphatic hydroxyl groups is 1. The van der Waals surface area contributed by atoms with Crippen LogP contribution in [0.1, 0.15) is 26.2 Å². The van der Waals surface area contributed by atoms with Gasteiger partial charge >= 0.3 is 5.97 Å². The smallest absolute Gasteiger partial charge is 0.323 e. The number of aliphatic hydroxyl groups excluding tert-OH is 1. The van der Waals surface area contributed by atoms with Crippen LogP contribution in [-0.4, -0.2) is 45.9 Å². The van der Waals surface area contributed by atoms with Gasteiger partial charge in [-0.15, -0.1) is 0 Å². The molecule has 88 valence electrons. The average Bonchev–Trinajstić information content (AvgIpc) is 2.27. The lowest BCUT2D eigenvalue weighted by Gasteiger charge is -2.36. The SMILES string of the molecule is CCC(CO)NC1(C(=O)O)CCSCC1. The third kappa shape index (κ3) is 3.09. The Morgan fingerprint density at radius 2 is 2.13 bits per heavy atom. The highest BCUT2D eigenvalue weighted by atomic mass is 32.2. The van der Waals surface area contributed by atoms with Gasteiger partial charge in [0.1, 0.15) is 5.54 Å². The van der Waals surface area contributed by atoms with E-state index in [4.69, 9.17) is 5.11 Å². The van der Waals surface area contributed by atoms with Crippen molar-refractivity contribution in [1.82, 2.24) is 5.32 Å². The van der Waals surface area contributed by atoms with Crippen LogP contribution in [0.4, 0.5) is 0 Å². The van der Waals surface area contributed by atoms with Crippen molar-refractivity contribution >= 4 is 17.7 Å². The first-order chi connectivity index (χ1) is 7.14. The zero-order valence-electron chi connectivity index (χ0n) is 9.03. The molecule has 1 heterocycles. The molecule has 0 aromatic rings. The van der Waals surface area contributed by atoms with Gasteiger partial charge in [0.05, 0.1) is 6.61 Å². The minimum Gasteiger partial charge on any atom is -0.480 e. The Balaban J connectivity index is 2.67. The summed E-state index contributed by atoms with van der Waals surface area (Å²) in [6.45, 7) is 1.94. The van der Waals surface area contributed by atoms with E-state index < -0.39 is 11.5 Å². The monoisotopic (exact) mass is 233 g/mol. The van der Waals surface area contributed by atoms with Crippen LogP contribution in [0.15, 0.2) is 0 Å². The number of rotatable bonds is 5. The van der Waals surface area contributed by atoms with Crippen LogP contribution in [0, 0.1) is 0 Å². The van der Waals surface area contributed by atoms with Crippen molar-refractivity contribution in [3.05, 3.63) is 0 Å². The second kappa shape index (κ2) is 5.72. The van der Waals surface area contributed by atoms with Crippen molar-refractivity contribution in [2.75, 3.05) is 18.1 Å². The largest absolute Gasteiger partial charge is 0.480 e. The zero-order chi connectivity index (χ0) is 11.3. The van der Waals surface area contributed by atoms with E-state index in [1.165, 1.54) is 0 Å². The lowest BCUT2D eigenvalue weighted by molar-refractivity contribution is -0.145. The molecule has 4 nitrogen and oxygen atoms in total. The summed E-state index contributed by atoms with van der Waals surface area (Å²) >= 11 is 1.79. The molecule has 0 aromatic heterocycles. The number of hydrogen-bond acceptors (Lipinski definition) is 4. The fourth-order valence-corrected chi connectivity index (χ4v) is 3.00. The molecule has 15 heavy (non-hydrogen) atoms. The molecule has 1 aliphatic heterocycles. The van der Waals surface area contributed by atoms with E-state index in [2.05, 4.69) is 5.32 Å². The van der Waals surface area contributed by atoms with E-state index in [-0.39, 0.29) is 12.6 Å². The molecule has 0 amide bonds. The van der Waals surface area contributed by atoms with Crippen LogP contribution < -0.4 is 5.32 Å². The highest BCUT2D eigenvalue weighted by Crippen LogP contribution is 2.28. The summed E-state index contributed by atoms with van der Waals surface area (Å²) < 4.78 is 0. The van der Waals surface area contributed by atoms with Gasteiger partial charge in [0, 0.05) is 6.04 Å². The molecular formula is C10H19NO3S. The summed E-state index contributed by atoms with van der Waals surface area (Å²) in [4.78, 5) is 11.3. The maximum absolute atomic E-state index is 11.3. The van der Waals surface area contributed by atoms with Crippen molar-refractivity contribution in [3.8, 4) is 0 Å². The predicted molar refractivity (Wildman–Crippen MR) is 61.2 cm³/mol. The summed E-state index contributed by atoms with van der Waals surface area (Å²) in [6.07, 6.45) is 2.03. The number of carboxylic acids is 1. The maximum Gasteiger partial charge on any atom is 0.323 e. The zero-order valence-corrected chi connectivity index (χ0v) is 9.85. The van der Waals surface area contributed by atoms with Crippen molar-refractivity contribution in [3.63, 3.8) is 0 Å². The van der Waals surface area contributed by atoms with Gasteiger partial charge in [-0.05, 0) is 30.8 Å². The van der Waals surface area contributed by atoms with Crippen molar-refractivity contribution in [2.24, 2.45) is 0 Å². The Kier molecular flexibility index (Phi) is 4.89. The number of carbonyl (C=O) groups is 1. The van der Waals surface area contributed by atoms with E-state index in [0.717, 1.165) is 17.9 Å². The summed E-state index contributed by atoms with van der Waals surface area (Å²) in [5.74, 6) is 0.970. The van der Waals surface area contributed by atoms with Crippen LogP contribution in [0.25, 0.3) is 0 Å². The van der Waals surface area contributed by atoms with Gasteiger partial charge in [-0.3, -0.25) is 10.1 Å². The van der Waals surface area contributed by atoms with E-state index in [1.54, 1.807) is 11.8 Å². The molecule has 1 fully saturated rings. The van der Waals surface area contributed by atoms with E-state index >= 15 is 0 Å². The highest BCUT2D eigenvalue weighted by molar-refractivity contribution is 7.99. The average molecular weight is 233 g/mol. The Morgan fingerprint density at radius 1 is 1.53 bits per heavy atom. The van der Waals surface area contributed by atoms with E-state index in [1.807, 2.05) is 6.92 Å². The van der Waals surface area contributed by atoms with Gasteiger partial charge in [0.15, 0.2) is 0 Å². The van der Waals surface area contributed by atoms with E-state index in [9.17, 15) is 9.90 Å².